The van der Waals surface area contributed by atoms with Crippen LogP contribution in [0.3, 0.4) is 0 Å². The molecule has 31 heavy (non-hydrogen) atoms. The number of carbonyl (C=O) groups is 2. The summed E-state index contributed by atoms with van der Waals surface area (Å²) < 4.78 is 6.26. The van der Waals surface area contributed by atoms with Gasteiger partial charge in [0, 0.05) is 44.0 Å². The predicted octanol–water partition coefficient (Wildman–Crippen LogP) is 1.41. The highest BCUT2D eigenvalue weighted by atomic mass is 16.5. The van der Waals surface area contributed by atoms with E-state index in [0.717, 1.165) is 17.8 Å². The highest BCUT2D eigenvalue weighted by Gasteiger charge is 2.58. The largest absolute Gasteiger partial charge is 0.361 e. The third-order valence-electron chi connectivity index (χ3n) is 6.19. The number of pyridine rings is 1. The number of carbonyl (C=O) groups excluding carboxylic acids is 2. The van der Waals surface area contributed by atoms with E-state index in [2.05, 4.69) is 9.88 Å². The molecule has 2 atom stereocenters. The molecule has 0 aliphatic carbocycles. The Balaban J connectivity index is 1.59. The number of aromatic nitrogens is 1. The normalized spacial score (nSPS) is 23.7. The van der Waals surface area contributed by atoms with Gasteiger partial charge < -0.3 is 19.4 Å². The molecule has 1 aromatic carbocycles. The number of ether oxygens (including phenoxy) is 1. The van der Waals surface area contributed by atoms with Crippen LogP contribution in [0.2, 0.25) is 0 Å². The zero-order valence-corrected chi connectivity index (χ0v) is 18.2. The first kappa shape index (κ1) is 21.5. The van der Waals surface area contributed by atoms with E-state index in [-0.39, 0.29) is 30.7 Å². The maximum atomic E-state index is 13.6. The predicted molar refractivity (Wildman–Crippen MR) is 118 cm³/mol. The smallest absolute Gasteiger partial charge is 0.257 e. The molecule has 0 radical (unpaired) electrons. The Labute approximate surface area is 183 Å². The molecule has 1 aromatic heterocycles. The van der Waals surface area contributed by atoms with Gasteiger partial charge in [0.25, 0.3) is 5.91 Å². The van der Waals surface area contributed by atoms with Crippen LogP contribution >= 0.6 is 0 Å². The summed E-state index contributed by atoms with van der Waals surface area (Å²) in [5.74, 6) is -0.153. The summed E-state index contributed by atoms with van der Waals surface area (Å²) in [4.78, 5) is 36.7. The van der Waals surface area contributed by atoms with Crippen LogP contribution in [0.15, 0.2) is 54.7 Å². The number of benzene rings is 1. The molecule has 2 aromatic rings. The molecular formula is C24H30N4O3. The Morgan fingerprint density at radius 3 is 2.68 bits per heavy atom. The van der Waals surface area contributed by atoms with Crippen LogP contribution in [0, 0.1) is 0 Å². The third kappa shape index (κ3) is 4.48. The molecule has 2 aliphatic heterocycles. The molecule has 2 fully saturated rings. The number of nitrogens with zero attached hydrogens (tertiary/aromatic N) is 4. The van der Waals surface area contributed by atoms with Crippen molar-refractivity contribution < 1.29 is 14.3 Å². The second-order valence-corrected chi connectivity index (χ2v) is 8.57. The summed E-state index contributed by atoms with van der Waals surface area (Å²) in [6.07, 6.45) is 1.92. The van der Waals surface area contributed by atoms with Gasteiger partial charge in [0.15, 0.2) is 5.60 Å². The SMILES string of the molecule is CN(C)CCN1C[C@H](c2ccccc2)[C@]2(CN(C(=O)Cc3ccccn3)CCO2)C1=O. The summed E-state index contributed by atoms with van der Waals surface area (Å²) in [6.45, 7) is 3.13. The molecule has 7 nitrogen and oxygen atoms in total. The van der Waals surface area contributed by atoms with Gasteiger partial charge in [-0.1, -0.05) is 36.4 Å². The molecular weight excluding hydrogens is 392 g/mol. The molecule has 2 aliphatic rings. The molecule has 2 amide bonds. The lowest BCUT2D eigenvalue weighted by Gasteiger charge is -2.42. The fraction of sp³-hybridized carbons (Fsp3) is 0.458. The molecule has 0 N–H and O–H groups in total. The second kappa shape index (κ2) is 9.16. The zero-order chi connectivity index (χ0) is 21.8. The highest BCUT2D eigenvalue weighted by molar-refractivity contribution is 5.91. The third-order valence-corrected chi connectivity index (χ3v) is 6.19. The summed E-state index contributed by atoms with van der Waals surface area (Å²) in [5.41, 5.74) is 0.770. The van der Waals surface area contributed by atoms with E-state index in [1.165, 1.54) is 0 Å². The topological polar surface area (TPSA) is 66.0 Å². The monoisotopic (exact) mass is 422 g/mol. The number of rotatable bonds is 6. The molecule has 164 valence electrons. The van der Waals surface area contributed by atoms with Crippen LogP contribution in [-0.2, 0) is 20.7 Å². The number of hydrogen-bond donors (Lipinski definition) is 0. The van der Waals surface area contributed by atoms with Crippen molar-refractivity contribution in [3.05, 3.63) is 66.0 Å². The molecule has 0 saturated carbocycles. The fourth-order valence-electron chi connectivity index (χ4n) is 4.51. The van der Waals surface area contributed by atoms with Gasteiger partial charge in [0.1, 0.15) is 0 Å². The maximum Gasteiger partial charge on any atom is 0.257 e. The van der Waals surface area contributed by atoms with Crippen LogP contribution in [0.25, 0.3) is 0 Å². The van der Waals surface area contributed by atoms with Gasteiger partial charge in [0.2, 0.25) is 5.91 Å². The van der Waals surface area contributed by atoms with Crippen LogP contribution in [0.4, 0.5) is 0 Å². The first-order chi connectivity index (χ1) is 15.0. The maximum absolute atomic E-state index is 13.6. The zero-order valence-electron chi connectivity index (χ0n) is 18.2. The van der Waals surface area contributed by atoms with Crippen LogP contribution in [0.5, 0.6) is 0 Å². The van der Waals surface area contributed by atoms with Crippen molar-refractivity contribution in [3.8, 4) is 0 Å². The van der Waals surface area contributed by atoms with Crippen molar-refractivity contribution in [1.82, 2.24) is 19.7 Å². The van der Waals surface area contributed by atoms with Crippen molar-refractivity contribution in [2.24, 2.45) is 0 Å². The Morgan fingerprint density at radius 2 is 1.97 bits per heavy atom. The van der Waals surface area contributed by atoms with E-state index < -0.39 is 5.60 Å². The Kier molecular flexibility index (Phi) is 6.34. The van der Waals surface area contributed by atoms with E-state index >= 15 is 0 Å². The van der Waals surface area contributed by atoms with Gasteiger partial charge in [-0.15, -0.1) is 0 Å². The average molecular weight is 423 g/mol. The summed E-state index contributed by atoms with van der Waals surface area (Å²) in [5, 5.41) is 0. The standard InChI is InChI=1S/C24H30N4O3/c1-26(2)12-13-27-17-21(19-8-4-3-5-9-19)24(23(27)30)18-28(14-15-31-24)22(29)16-20-10-6-7-11-25-20/h3-11,21H,12-18H2,1-2H3/t21-,24-/m1/s1. The molecule has 0 unspecified atom stereocenters. The van der Waals surface area contributed by atoms with Gasteiger partial charge in [0.05, 0.1) is 19.6 Å². The highest BCUT2D eigenvalue weighted by Crippen LogP contribution is 2.42. The Bertz CT molecular complexity index is 906. The van der Waals surface area contributed by atoms with E-state index in [1.54, 1.807) is 11.1 Å². The lowest BCUT2D eigenvalue weighted by Crippen LogP contribution is -2.59. The molecule has 2 saturated heterocycles. The second-order valence-electron chi connectivity index (χ2n) is 8.57. The lowest BCUT2D eigenvalue weighted by atomic mass is 9.83. The van der Waals surface area contributed by atoms with E-state index in [0.29, 0.717) is 26.2 Å². The van der Waals surface area contributed by atoms with Crippen molar-refractivity contribution in [3.63, 3.8) is 0 Å². The minimum absolute atomic E-state index is 0.0152. The summed E-state index contributed by atoms with van der Waals surface area (Å²) in [7, 11) is 4.00. The van der Waals surface area contributed by atoms with E-state index in [1.807, 2.05) is 67.5 Å². The van der Waals surface area contributed by atoms with Crippen LogP contribution < -0.4 is 0 Å². The number of likely N-dealkylation sites (N-methyl/N-ethyl adjacent to an activating group) is 1. The van der Waals surface area contributed by atoms with Gasteiger partial charge in [-0.2, -0.15) is 0 Å². The van der Waals surface area contributed by atoms with Gasteiger partial charge in [-0.05, 0) is 31.8 Å². The van der Waals surface area contributed by atoms with E-state index in [4.69, 9.17) is 4.74 Å². The van der Waals surface area contributed by atoms with Crippen LogP contribution in [0.1, 0.15) is 17.2 Å². The minimum Gasteiger partial charge on any atom is -0.361 e. The quantitative estimate of drug-likeness (QED) is 0.704. The minimum atomic E-state index is -1.04. The average Bonchev–Trinajstić information content (AvgIpc) is 3.05. The Hall–Kier alpha value is -2.77. The number of amides is 2. The number of likely N-dealkylation sites (tertiary alicyclic amines) is 1. The van der Waals surface area contributed by atoms with Crippen LogP contribution in [-0.4, -0.2) is 90.5 Å². The summed E-state index contributed by atoms with van der Waals surface area (Å²) >= 11 is 0. The first-order valence-electron chi connectivity index (χ1n) is 10.8. The molecule has 7 heteroatoms. The van der Waals surface area contributed by atoms with Gasteiger partial charge in [-0.3, -0.25) is 14.6 Å². The molecule has 0 bridgehead atoms. The van der Waals surface area contributed by atoms with Crippen molar-refractivity contribution in [2.45, 2.75) is 17.9 Å². The molecule has 4 rings (SSSR count). The molecule has 3 heterocycles. The van der Waals surface area contributed by atoms with Crippen molar-refractivity contribution >= 4 is 11.8 Å². The van der Waals surface area contributed by atoms with Gasteiger partial charge in [-0.25, -0.2) is 0 Å². The number of morpholine rings is 1. The fourth-order valence-corrected chi connectivity index (χ4v) is 4.51. The molecule has 1 spiro atoms. The Morgan fingerprint density at radius 1 is 1.19 bits per heavy atom. The number of hydrogen-bond acceptors (Lipinski definition) is 5. The summed E-state index contributed by atoms with van der Waals surface area (Å²) in [6, 6.07) is 15.6. The van der Waals surface area contributed by atoms with Crippen molar-refractivity contribution in [1.29, 1.82) is 0 Å². The van der Waals surface area contributed by atoms with E-state index in [9.17, 15) is 9.59 Å². The van der Waals surface area contributed by atoms with Gasteiger partial charge >= 0.3 is 0 Å². The first-order valence-corrected chi connectivity index (χ1v) is 10.8. The van der Waals surface area contributed by atoms with Crippen molar-refractivity contribution in [2.75, 3.05) is 53.4 Å². The lowest BCUT2D eigenvalue weighted by molar-refractivity contribution is -0.167.